The Morgan fingerprint density at radius 2 is 1.87 bits per heavy atom. The molecule has 31 heavy (non-hydrogen) atoms. The lowest BCUT2D eigenvalue weighted by Gasteiger charge is -2.31. The Hall–Kier alpha value is -3.09. The molecule has 0 bridgehead atoms. The zero-order valence-electron chi connectivity index (χ0n) is 16.2. The molecule has 1 heterocycles. The highest BCUT2D eigenvalue weighted by atomic mass is 32.2. The summed E-state index contributed by atoms with van der Waals surface area (Å²) < 4.78 is 59.9. The summed E-state index contributed by atoms with van der Waals surface area (Å²) in [6, 6.07) is 6.01. The number of aliphatic hydroxyl groups is 2. The summed E-state index contributed by atoms with van der Waals surface area (Å²) in [4.78, 5) is 5.59. The first-order valence-electron chi connectivity index (χ1n) is 8.94. The normalized spacial score (nSPS) is 22.5. The van der Waals surface area contributed by atoms with E-state index in [9.17, 15) is 27.4 Å². The molecule has 0 spiro atoms. The highest BCUT2D eigenvalue weighted by Gasteiger charge is 2.54. The SMILES string of the molecule is [C-]#[N+]c1ccc(O[C@H]2CN(S(=O)(=O)c3ccc(F)cc3[N+]#[C-])C[C@@]2(O)[C@H](C)O)cc1F. The van der Waals surface area contributed by atoms with Gasteiger partial charge in [-0.2, -0.15) is 4.31 Å². The molecule has 0 amide bonds. The average molecular weight is 449 g/mol. The smallest absolute Gasteiger partial charge is 0.233 e. The number of hydrogen-bond donors (Lipinski definition) is 2. The van der Waals surface area contributed by atoms with Crippen molar-refractivity contribution >= 4 is 21.4 Å². The van der Waals surface area contributed by atoms with E-state index in [0.717, 1.165) is 28.6 Å². The molecule has 3 rings (SSSR count). The van der Waals surface area contributed by atoms with E-state index >= 15 is 0 Å². The number of hydrogen-bond acceptors (Lipinski definition) is 5. The second kappa shape index (κ2) is 8.21. The van der Waals surface area contributed by atoms with Crippen LogP contribution in [-0.2, 0) is 10.0 Å². The Morgan fingerprint density at radius 3 is 2.45 bits per heavy atom. The molecule has 3 atom stereocenters. The number of β-amino-alcohol motifs (C(OH)–C–C–N with tert-alkyl or cyclic N) is 1. The van der Waals surface area contributed by atoms with Crippen molar-refractivity contribution in [3.8, 4) is 5.75 Å². The van der Waals surface area contributed by atoms with E-state index in [1.165, 1.54) is 19.1 Å². The van der Waals surface area contributed by atoms with Gasteiger partial charge in [0.1, 0.15) is 29.1 Å². The van der Waals surface area contributed by atoms with Crippen molar-refractivity contribution in [3.63, 3.8) is 0 Å². The van der Waals surface area contributed by atoms with Gasteiger partial charge in [0.15, 0.2) is 0 Å². The second-order valence-electron chi connectivity index (χ2n) is 7.02. The van der Waals surface area contributed by atoms with E-state index in [1.54, 1.807) is 0 Å². The molecule has 0 aliphatic carbocycles. The van der Waals surface area contributed by atoms with Crippen LogP contribution in [0.1, 0.15) is 6.92 Å². The standard InChI is InChI=1S/C20H17F2N3O5S/c1-12(26)20(27)11-25(31(28,29)18-7-4-13(21)8-17(18)24-3)10-19(20)30-14-5-6-16(23-2)15(22)9-14/h4-9,12,19,26-27H,10-11H2,1H3/t12-,19-,20+/m0/s1. The van der Waals surface area contributed by atoms with E-state index in [-0.39, 0.29) is 11.4 Å². The summed E-state index contributed by atoms with van der Waals surface area (Å²) in [5, 5.41) is 21.1. The minimum absolute atomic E-state index is 0.0724. The third-order valence-electron chi connectivity index (χ3n) is 5.06. The van der Waals surface area contributed by atoms with Gasteiger partial charge < -0.3 is 14.9 Å². The van der Waals surface area contributed by atoms with Crippen LogP contribution in [0.25, 0.3) is 9.69 Å². The number of ether oxygens (including phenoxy) is 1. The number of halogens is 2. The molecule has 0 saturated carbocycles. The van der Waals surface area contributed by atoms with E-state index in [4.69, 9.17) is 17.9 Å². The summed E-state index contributed by atoms with van der Waals surface area (Å²) in [5.74, 6) is -1.71. The van der Waals surface area contributed by atoms with Crippen LogP contribution in [-0.4, -0.2) is 53.8 Å². The third-order valence-corrected chi connectivity index (χ3v) is 6.92. The molecule has 0 aromatic heterocycles. The van der Waals surface area contributed by atoms with Crippen LogP contribution in [0.3, 0.4) is 0 Å². The maximum atomic E-state index is 13.9. The molecule has 2 aromatic rings. The Balaban J connectivity index is 1.96. The number of nitrogens with zero attached hydrogens (tertiary/aromatic N) is 3. The van der Waals surface area contributed by atoms with E-state index < -0.39 is 63.1 Å². The fourth-order valence-electron chi connectivity index (χ4n) is 3.27. The molecule has 0 radical (unpaired) electrons. The minimum Gasteiger partial charge on any atom is -0.486 e. The molecule has 8 nitrogen and oxygen atoms in total. The number of rotatable bonds is 5. The minimum atomic E-state index is -4.36. The highest BCUT2D eigenvalue weighted by Crippen LogP contribution is 2.36. The molecule has 0 unspecified atom stereocenters. The van der Waals surface area contributed by atoms with E-state index in [2.05, 4.69) is 9.69 Å². The van der Waals surface area contributed by atoms with Gasteiger partial charge >= 0.3 is 0 Å². The van der Waals surface area contributed by atoms with Crippen LogP contribution in [0.2, 0.25) is 0 Å². The first-order chi connectivity index (χ1) is 14.5. The fraction of sp³-hybridized carbons (Fsp3) is 0.300. The lowest BCUT2D eigenvalue weighted by Crippen LogP contribution is -2.53. The summed E-state index contributed by atoms with van der Waals surface area (Å²) >= 11 is 0. The molecular formula is C20H17F2N3O5S. The summed E-state index contributed by atoms with van der Waals surface area (Å²) in [5.41, 5.74) is -2.72. The van der Waals surface area contributed by atoms with Crippen LogP contribution in [0.4, 0.5) is 20.2 Å². The predicted octanol–water partition coefficient (Wildman–Crippen LogP) is 2.63. The van der Waals surface area contributed by atoms with Crippen LogP contribution in [0.15, 0.2) is 41.3 Å². The molecular weight excluding hydrogens is 432 g/mol. The van der Waals surface area contributed by atoms with Crippen molar-refractivity contribution < 1.29 is 32.1 Å². The zero-order chi connectivity index (χ0) is 23.0. The van der Waals surface area contributed by atoms with Crippen LogP contribution < -0.4 is 4.74 Å². The zero-order valence-corrected chi connectivity index (χ0v) is 17.0. The molecule has 1 aliphatic heterocycles. The van der Waals surface area contributed by atoms with Gasteiger partial charge in [-0.05, 0) is 37.3 Å². The van der Waals surface area contributed by atoms with Gasteiger partial charge in [0, 0.05) is 12.6 Å². The molecule has 11 heteroatoms. The first-order valence-corrected chi connectivity index (χ1v) is 10.4. The van der Waals surface area contributed by atoms with Crippen LogP contribution in [0.5, 0.6) is 5.75 Å². The lowest BCUT2D eigenvalue weighted by atomic mass is 9.94. The van der Waals surface area contributed by atoms with E-state index in [0.29, 0.717) is 0 Å². The van der Waals surface area contributed by atoms with Crippen LogP contribution in [0, 0.1) is 24.8 Å². The number of sulfonamides is 1. The van der Waals surface area contributed by atoms with Gasteiger partial charge in [0.2, 0.25) is 21.4 Å². The van der Waals surface area contributed by atoms with Crippen molar-refractivity contribution in [1.82, 2.24) is 4.31 Å². The largest absolute Gasteiger partial charge is 0.486 e. The van der Waals surface area contributed by atoms with Gasteiger partial charge in [-0.3, -0.25) is 0 Å². The summed E-state index contributed by atoms with van der Waals surface area (Å²) in [7, 11) is -4.36. The summed E-state index contributed by atoms with van der Waals surface area (Å²) in [6.07, 6.45) is -2.73. The third kappa shape index (κ3) is 4.09. The molecule has 2 N–H and O–H groups in total. The lowest BCUT2D eigenvalue weighted by molar-refractivity contribution is -0.104. The number of aliphatic hydroxyl groups excluding tert-OH is 1. The molecule has 162 valence electrons. The van der Waals surface area contributed by atoms with Crippen molar-refractivity contribution in [1.29, 1.82) is 0 Å². The molecule has 1 fully saturated rings. The van der Waals surface area contributed by atoms with Gasteiger partial charge in [-0.15, -0.1) is 0 Å². The molecule has 1 aliphatic rings. The summed E-state index contributed by atoms with van der Waals surface area (Å²) in [6.45, 7) is 14.2. The monoisotopic (exact) mass is 449 g/mol. The van der Waals surface area contributed by atoms with Crippen molar-refractivity contribution in [2.75, 3.05) is 13.1 Å². The van der Waals surface area contributed by atoms with Crippen molar-refractivity contribution in [2.45, 2.75) is 29.6 Å². The maximum Gasteiger partial charge on any atom is 0.233 e. The van der Waals surface area contributed by atoms with Crippen LogP contribution >= 0.6 is 0 Å². The second-order valence-corrected chi connectivity index (χ2v) is 8.93. The first kappa shape index (κ1) is 22.6. The Bertz CT molecular complexity index is 1210. The fourth-order valence-corrected chi connectivity index (χ4v) is 4.86. The van der Waals surface area contributed by atoms with Gasteiger partial charge in [0.25, 0.3) is 0 Å². The Labute approximate surface area is 177 Å². The van der Waals surface area contributed by atoms with E-state index in [1.807, 2.05) is 0 Å². The molecule has 2 aromatic carbocycles. The average Bonchev–Trinajstić information content (AvgIpc) is 3.06. The molecule has 1 saturated heterocycles. The highest BCUT2D eigenvalue weighted by molar-refractivity contribution is 7.89. The predicted molar refractivity (Wildman–Crippen MR) is 105 cm³/mol. The maximum absolute atomic E-state index is 13.9. The Kier molecular flexibility index (Phi) is 5.98. The van der Waals surface area contributed by atoms with Crippen molar-refractivity contribution in [3.05, 3.63) is 70.9 Å². The van der Waals surface area contributed by atoms with Gasteiger partial charge in [0.05, 0.1) is 30.7 Å². The Morgan fingerprint density at radius 1 is 1.19 bits per heavy atom. The van der Waals surface area contributed by atoms with Gasteiger partial charge in [-0.1, -0.05) is 0 Å². The quantitative estimate of drug-likeness (QED) is 0.685. The van der Waals surface area contributed by atoms with Crippen molar-refractivity contribution in [2.24, 2.45) is 0 Å². The van der Waals surface area contributed by atoms with Gasteiger partial charge in [-0.25, -0.2) is 26.9 Å². The number of benzene rings is 2. The topological polar surface area (TPSA) is 95.8 Å².